The van der Waals surface area contributed by atoms with E-state index in [1.807, 2.05) is 13.8 Å². The van der Waals surface area contributed by atoms with Crippen LogP contribution in [0.25, 0.3) is 0 Å². The Morgan fingerprint density at radius 2 is 0.886 bits per heavy atom. The van der Waals surface area contributed by atoms with Crippen LogP contribution in [0, 0.1) is 0 Å². The minimum Gasteiger partial charge on any atom is -0.547 e. The van der Waals surface area contributed by atoms with Gasteiger partial charge in [-0.2, -0.15) is 0 Å². The van der Waals surface area contributed by atoms with Gasteiger partial charge in [-0.3, -0.25) is 0 Å². The number of carbonyl (C=O) groups is 2. The van der Waals surface area contributed by atoms with Gasteiger partial charge in [-0.05, 0) is 13.8 Å². The molecule has 8 nitrogen and oxygen atoms in total. The van der Waals surface area contributed by atoms with Crippen LogP contribution in [0.3, 0.4) is 0 Å². The number of hydrogen-bond donors (Lipinski definition) is 0. The van der Waals surface area contributed by atoms with E-state index in [4.69, 9.17) is 9.47 Å². The zero-order valence-corrected chi connectivity index (χ0v) is 25.8. The van der Waals surface area contributed by atoms with Gasteiger partial charge in [0.15, 0.2) is 0 Å². The van der Waals surface area contributed by atoms with Gasteiger partial charge >= 0.3 is 121 Å². The molecule has 0 atom stereocenters. The third-order valence-corrected chi connectivity index (χ3v) is 8.75. The molecule has 0 fully saturated rings. The van der Waals surface area contributed by atoms with Crippen molar-refractivity contribution in [2.75, 3.05) is 39.6 Å². The van der Waals surface area contributed by atoms with E-state index in [1.165, 1.54) is 64.2 Å². The molecule has 208 valence electrons. The van der Waals surface area contributed by atoms with Gasteiger partial charge in [0.1, 0.15) is 0 Å². The van der Waals surface area contributed by atoms with Crippen molar-refractivity contribution in [1.82, 2.24) is 0 Å². The second-order valence-electron chi connectivity index (χ2n) is 7.88. The van der Waals surface area contributed by atoms with Crippen molar-refractivity contribution in [3.8, 4) is 0 Å². The van der Waals surface area contributed by atoms with E-state index in [0.29, 0.717) is 26.4 Å². The number of rotatable bonds is 22. The molecule has 0 bridgehead atoms. The number of hydrogen-bond acceptors (Lipinski definition) is 8. The largest absolute Gasteiger partial charge is 0.547 e. The zero-order valence-electron chi connectivity index (χ0n) is 22.9. The Morgan fingerprint density at radius 3 is 1.20 bits per heavy atom. The number of ether oxygens (including phenoxy) is 4. The second kappa shape index (κ2) is 37.8. The third-order valence-electron chi connectivity index (χ3n) is 4.72. The molecule has 9 heteroatoms. The van der Waals surface area contributed by atoms with Crippen molar-refractivity contribution in [2.24, 2.45) is 0 Å². The van der Waals surface area contributed by atoms with Gasteiger partial charge in [0.2, 0.25) is 0 Å². The van der Waals surface area contributed by atoms with Gasteiger partial charge in [0, 0.05) is 13.2 Å². The van der Waals surface area contributed by atoms with Crippen molar-refractivity contribution in [2.45, 2.75) is 114 Å². The van der Waals surface area contributed by atoms with E-state index in [9.17, 15) is 19.8 Å². The molecule has 0 aliphatic rings. The fourth-order valence-corrected chi connectivity index (χ4v) is 6.41. The summed E-state index contributed by atoms with van der Waals surface area (Å²) in [6.07, 6.45) is 14.8. The molecule has 0 aliphatic heterocycles. The molecule has 0 radical (unpaired) electrons. The molecule has 35 heavy (non-hydrogen) atoms. The average Bonchev–Trinajstić information content (AvgIpc) is 2.83. The van der Waals surface area contributed by atoms with Gasteiger partial charge in [-0.1, -0.05) is 0 Å². The molecule has 0 unspecified atom stereocenters. The Kier molecular flexibility index (Phi) is 41.9. The van der Waals surface area contributed by atoms with Crippen LogP contribution in [0.2, 0.25) is 8.87 Å². The number of unbranched alkanes of at least 4 members (excludes halogenated alkanes) is 10. The molecule has 0 amide bonds. The Morgan fingerprint density at radius 1 is 0.543 bits per heavy atom. The summed E-state index contributed by atoms with van der Waals surface area (Å²) in [5.41, 5.74) is 0. The fourth-order valence-electron chi connectivity index (χ4n) is 2.84. The van der Waals surface area contributed by atoms with E-state index in [-0.39, 0.29) is 34.4 Å². The molecule has 0 aliphatic carbocycles. The maximum Gasteiger partial charge on any atom is 0.252 e. The van der Waals surface area contributed by atoms with Crippen molar-refractivity contribution in [3.05, 3.63) is 0 Å². The quantitative estimate of drug-likeness (QED) is 0.0953. The van der Waals surface area contributed by atoms with E-state index in [0.717, 1.165) is 0 Å². The van der Waals surface area contributed by atoms with Gasteiger partial charge in [-0.15, -0.1) is 0 Å². The first kappa shape index (κ1) is 38.8. The standard InChI is InChI=1S/2C8H17.2C5H10O4.Sn/c2*1-3-5-7-8-6-4-2;2*1-2-8-3-4-9-5(6)7;/h2*1,3-8H2,2H3;2*2-4H2,1H3,(H,6,7);/q;;;;+2/p-2. The molecule has 0 aromatic rings. The van der Waals surface area contributed by atoms with Crippen LogP contribution in [-0.2, 0) is 18.9 Å². The summed E-state index contributed by atoms with van der Waals surface area (Å²) in [6, 6.07) is 0. The van der Waals surface area contributed by atoms with E-state index < -0.39 is 12.3 Å². The number of carboxylic acid groups (broad SMARTS) is 2. The Labute approximate surface area is 225 Å². The molecule has 0 saturated heterocycles. The summed E-state index contributed by atoms with van der Waals surface area (Å²) < 4.78 is 20.9. The first-order valence-electron chi connectivity index (χ1n) is 13.5. The van der Waals surface area contributed by atoms with Crippen molar-refractivity contribution >= 4 is 33.5 Å². The first-order valence-corrected chi connectivity index (χ1v) is 17.5. The van der Waals surface area contributed by atoms with Crippen LogP contribution in [0.4, 0.5) is 9.59 Å². The van der Waals surface area contributed by atoms with E-state index in [2.05, 4.69) is 23.3 Å². The van der Waals surface area contributed by atoms with Crippen molar-refractivity contribution in [3.63, 3.8) is 0 Å². The molecule has 0 heterocycles. The molecular formula is C26H52O8Sn. The smallest absolute Gasteiger partial charge is 0.252 e. The van der Waals surface area contributed by atoms with Gasteiger partial charge < -0.3 is 38.7 Å². The third kappa shape index (κ3) is 50.9. The van der Waals surface area contributed by atoms with Crippen LogP contribution in [0.5, 0.6) is 0 Å². The number of carbonyl (C=O) groups excluding carboxylic acids is 2. The maximum absolute atomic E-state index is 9.57. The summed E-state index contributed by atoms with van der Waals surface area (Å²) in [4.78, 5) is 19.1. The van der Waals surface area contributed by atoms with E-state index in [1.54, 1.807) is 21.7 Å². The Balaban J connectivity index is -0.000000481. The SMILES string of the molecule is CCCCCCC[CH2][Sn+2][CH2]CCCCCCC.CCOCCOC(=O)[O-].CCOCCOC(=O)[O-]. The van der Waals surface area contributed by atoms with Crippen molar-refractivity contribution in [1.29, 1.82) is 0 Å². The van der Waals surface area contributed by atoms with Crippen LogP contribution >= 0.6 is 0 Å². The van der Waals surface area contributed by atoms with Crippen LogP contribution in [-0.4, -0.2) is 73.1 Å². The Hall–Kier alpha value is -0.741. The van der Waals surface area contributed by atoms with Crippen molar-refractivity contribution < 1.29 is 38.7 Å². The molecule has 0 spiro atoms. The second-order valence-corrected chi connectivity index (χ2v) is 12.2. The zero-order chi connectivity index (χ0) is 26.8. The van der Waals surface area contributed by atoms with Gasteiger partial charge in [-0.25, -0.2) is 0 Å². The summed E-state index contributed by atoms with van der Waals surface area (Å²) in [5, 5.41) is 19.1. The summed E-state index contributed by atoms with van der Waals surface area (Å²) in [7, 11) is 0. The summed E-state index contributed by atoms with van der Waals surface area (Å²) >= 11 is 0.0736. The predicted octanol–water partition coefficient (Wildman–Crippen LogP) is 5.01. The minimum absolute atomic E-state index is 0.0518. The minimum atomic E-state index is -1.50. The molecular weight excluding hydrogens is 559 g/mol. The monoisotopic (exact) mass is 612 g/mol. The predicted molar refractivity (Wildman–Crippen MR) is 138 cm³/mol. The van der Waals surface area contributed by atoms with Crippen LogP contribution in [0.15, 0.2) is 0 Å². The van der Waals surface area contributed by atoms with Gasteiger partial charge in [0.05, 0.1) is 26.4 Å². The average molecular weight is 611 g/mol. The normalized spacial score (nSPS) is 9.71. The molecule has 0 N–H and O–H groups in total. The first-order chi connectivity index (χ1) is 17.0. The summed E-state index contributed by atoms with van der Waals surface area (Å²) in [6.45, 7) is 10.1. The van der Waals surface area contributed by atoms with Gasteiger partial charge in [0.25, 0.3) is 12.3 Å². The fraction of sp³-hybridized carbons (Fsp3) is 0.923. The van der Waals surface area contributed by atoms with Crippen LogP contribution < -0.4 is 10.2 Å². The van der Waals surface area contributed by atoms with Crippen LogP contribution in [0.1, 0.15) is 105 Å². The molecule has 0 saturated carbocycles. The Bertz CT molecular complexity index is 375. The molecule has 0 aromatic carbocycles. The molecule has 0 rings (SSSR count). The van der Waals surface area contributed by atoms with E-state index >= 15 is 0 Å². The topological polar surface area (TPSA) is 117 Å². The maximum atomic E-state index is 9.57. The summed E-state index contributed by atoms with van der Waals surface area (Å²) in [5.74, 6) is 0. The molecule has 0 aromatic heterocycles.